The van der Waals surface area contributed by atoms with Crippen molar-refractivity contribution in [1.29, 1.82) is 0 Å². The van der Waals surface area contributed by atoms with Crippen LogP contribution in [-0.4, -0.2) is 41.9 Å². The monoisotopic (exact) mass is 347 g/mol. The summed E-state index contributed by atoms with van der Waals surface area (Å²) in [6.07, 6.45) is 7.23. The molecule has 0 amide bonds. The topological polar surface area (TPSA) is 52.9 Å². The molecule has 0 aromatic heterocycles. The van der Waals surface area contributed by atoms with Gasteiger partial charge in [-0.2, -0.15) is 0 Å². The van der Waals surface area contributed by atoms with E-state index in [9.17, 15) is 10.2 Å². The zero-order valence-electron chi connectivity index (χ0n) is 16.7. The Morgan fingerprint density at radius 3 is 2.48 bits per heavy atom. The number of phenols is 1. The molecule has 2 N–H and O–H groups in total. The number of aryl methyl sites for hydroxylation is 1. The lowest BCUT2D eigenvalue weighted by molar-refractivity contribution is 0.104. The number of benzene rings is 1. The first-order valence-electron chi connectivity index (χ1n) is 8.66. The molecule has 1 atom stereocenters. The Labute approximate surface area is 152 Å². The highest BCUT2D eigenvalue weighted by molar-refractivity contribution is 5.68. The van der Waals surface area contributed by atoms with Crippen LogP contribution in [0.4, 0.5) is 0 Å². The van der Waals surface area contributed by atoms with Crippen LogP contribution in [0.2, 0.25) is 0 Å². The van der Waals surface area contributed by atoms with Gasteiger partial charge in [-0.25, -0.2) is 0 Å². The number of rotatable bonds is 8. The van der Waals surface area contributed by atoms with Gasteiger partial charge in [0.25, 0.3) is 0 Å². The second-order valence-electron chi connectivity index (χ2n) is 7.40. The summed E-state index contributed by atoms with van der Waals surface area (Å²) in [4.78, 5) is 2.07. The van der Waals surface area contributed by atoms with Gasteiger partial charge in [-0.3, -0.25) is 0 Å². The molecule has 4 heteroatoms. The summed E-state index contributed by atoms with van der Waals surface area (Å²) in [5.41, 5.74) is 2.96. The van der Waals surface area contributed by atoms with Crippen molar-refractivity contribution in [2.75, 3.05) is 21.2 Å². The molecule has 0 aliphatic carbocycles. The van der Waals surface area contributed by atoms with E-state index in [2.05, 4.69) is 24.8 Å². The van der Waals surface area contributed by atoms with Gasteiger partial charge >= 0.3 is 0 Å². The molecule has 0 aliphatic heterocycles. The van der Waals surface area contributed by atoms with Crippen LogP contribution in [0.25, 0.3) is 6.08 Å². The summed E-state index contributed by atoms with van der Waals surface area (Å²) in [7, 11) is 5.55. The Bertz CT molecular complexity index is 639. The van der Waals surface area contributed by atoms with E-state index in [1.807, 2.05) is 33.2 Å². The van der Waals surface area contributed by atoms with Crippen LogP contribution in [0.1, 0.15) is 50.3 Å². The van der Waals surface area contributed by atoms with Crippen LogP contribution in [-0.2, 0) is 6.54 Å². The zero-order chi connectivity index (χ0) is 19.2. The maximum absolute atomic E-state index is 10.6. The van der Waals surface area contributed by atoms with Crippen molar-refractivity contribution in [3.63, 3.8) is 0 Å². The minimum atomic E-state index is -0.924. The summed E-state index contributed by atoms with van der Waals surface area (Å²) < 4.78 is 5.45. The second-order valence-corrected chi connectivity index (χ2v) is 7.40. The van der Waals surface area contributed by atoms with Crippen molar-refractivity contribution in [3.05, 3.63) is 40.5 Å². The van der Waals surface area contributed by atoms with Crippen LogP contribution < -0.4 is 4.74 Å². The van der Waals surface area contributed by atoms with Crippen LogP contribution >= 0.6 is 0 Å². The van der Waals surface area contributed by atoms with E-state index in [4.69, 9.17) is 4.74 Å². The van der Waals surface area contributed by atoms with Gasteiger partial charge in [0.1, 0.15) is 0 Å². The van der Waals surface area contributed by atoms with Crippen LogP contribution in [0.3, 0.4) is 0 Å². The second kappa shape index (κ2) is 9.07. The van der Waals surface area contributed by atoms with Crippen molar-refractivity contribution in [2.24, 2.45) is 0 Å². The van der Waals surface area contributed by atoms with Crippen LogP contribution in [0.5, 0.6) is 11.5 Å². The van der Waals surface area contributed by atoms with Crippen LogP contribution in [0, 0.1) is 6.92 Å². The maximum atomic E-state index is 10.6. The quantitative estimate of drug-likeness (QED) is 0.689. The van der Waals surface area contributed by atoms with Gasteiger partial charge < -0.3 is 19.8 Å². The van der Waals surface area contributed by atoms with E-state index in [1.54, 1.807) is 20.1 Å². The van der Waals surface area contributed by atoms with Crippen LogP contribution in [0.15, 0.2) is 23.8 Å². The number of phenolic OH excluding ortho intramolecular Hbond substituents is 1. The van der Waals surface area contributed by atoms with Gasteiger partial charge in [0.2, 0.25) is 0 Å². The molecule has 140 valence electrons. The first-order chi connectivity index (χ1) is 11.6. The van der Waals surface area contributed by atoms with Crippen molar-refractivity contribution in [2.45, 2.75) is 52.7 Å². The number of allylic oxidation sites excluding steroid dienone is 2. The molecule has 1 aromatic carbocycles. The molecule has 0 bridgehead atoms. The number of hydrogen-bond donors (Lipinski definition) is 2. The SMILES string of the molecule is COc1c(O)c(C)cc(CN(C)C)c1/C=C/C(C)(O)CCC=C(C)C. The standard InChI is InChI=1S/C21H33NO3/c1-15(2)9-8-11-21(4,24)12-10-18-17(14-22(5)6)13-16(3)19(23)20(18)25-7/h9-10,12-13,23-24H,8,11,14H2,1-7H3/b12-10+. The lowest BCUT2D eigenvalue weighted by Crippen LogP contribution is -2.20. The van der Waals surface area contributed by atoms with E-state index < -0.39 is 5.60 Å². The van der Waals surface area contributed by atoms with E-state index in [-0.39, 0.29) is 5.75 Å². The average Bonchev–Trinajstić information content (AvgIpc) is 2.48. The number of aromatic hydroxyl groups is 1. The number of aliphatic hydroxyl groups is 1. The first kappa shape index (κ1) is 21.3. The van der Waals surface area contributed by atoms with Gasteiger partial charge in [-0.05, 0) is 65.8 Å². The molecule has 0 spiro atoms. The third kappa shape index (κ3) is 6.56. The molecule has 0 heterocycles. The third-order valence-electron chi connectivity index (χ3n) is 4.07. The van der Waals surface area contributed by atoms with E-state index in [0.29, 0.717) is 12.2 Å². The van der Waals surface area contributed by atoms with E-state index in [0.717, 1.165) is 29.7 Å². The summed E-state index contributed by atoms with van der Waals surface area (Å²) in [5, 5.41) is 20.9. The summed E-state index contributed by atoms with van der Waals surface area (Å²) >= 11 is 0. The number of methoxy groups -OCH3 is 1. The molecule has 0 aliphatic rings. The number of ether oxygens (including phenoxy) is 1. The maximum Gasteiger partial charge on any atom is 0.168 e. The van der Waals surface area contributed by atoms with Gasteiger partial charge in [0.05, 0.1) is 12.7 Å². The predicted molar refractivity (Wildman–Crippen MR) is 105 cm³/mol. The van der Waals surface area contributed by atoms with E-state index >= 15 is 0 Å². The highest BCUT2D eigenvalue weighted by Gasteiger charge is 2.19. The molecule has 25 heavy (non-hydrogen) atoms. The Morgan fingerprint density at radius 1 is 1.32 bits per heavy atom. The molecule has 1 aromatic rings. The molecular formula is C21H33NO3. The molecule has 0 radical (unpaired) electrons. The molecule has 1 rings (SSSR count). The lowest BCUT2D eigenvalue weighted by atomic mass is 9.95. The summed E-state index contributed by atoms with van der Waals surface area (Å²) in [5.74, 6) is 0.599. The molecule has 1 unspecified atom stereocenters. The average molecular weight is 347 g/mol. The van der Waals surface area contributed by atoms with Gasteiger partial charge in [-0.1, -0.05) is 29.9 Å². The van der Waals surface area contributed by atoms with Crippen molar-refractivity contribution < 1.29 is 14.9 Å². The summed E-state index contributed by atoms with van der Waals surface area (Å²) in [6, 6.07) is 1.97. The summed E-state index contributed by atoms with van der Waals surface area (Å²) in [6.45, 7) is 8.49. The molecular weight excluding hydrogens is 314 g/mol. The van der Waals surface area contributed by atoms with Gasteiger partial charge in [0.15, 0.2) is 11.5 Å². The third-order valence-corrected chi connectivity index (χ3v) is 4.07. The van der Waals surface area contributed by atoms with Crippen molar-refractivity contribution in [1.82, 2.24) is 4.90 Å². The zero-order valence-corrected chi connectivity index (χ0v) is 16.7. The van der Waals surface area contributed by atoms with Gasteiger partial charge in [-0.15, -0.1) is 0 Å². The van der Waals surface area contributed by atoms with Crippen molar-refractivity contribution >= 4 is 6.08 Å². The van der Waals surface area contributed by atoms with Crippen molar-refractivity contribution in [3.8, 4) is 11.5 Å². The highest BCUT2D eigenvalue weighted by atomic mass is 16.5. The Balaban J connectivity index is 3.21. The minimum absolute atomic E-state index is 0.147. The fraction of sp³-hybridized carbons (Fsp3) is 0.524. The Morgan fingerprint density at radius 2 is 1.96 bits per heavy atom. The Hall–Kier alpha value is -1.78. The number of hydrogen-bond acceptors (Lipinski definition) is 4. The molecule has 0 saturated heterocycles. The fourth-order valence-corrected chi connectivity index (χ4v) is 2.72. The molecule has 0 fully saturated rings. The highest BCUT2D eigenvalue weighted by Crippen LogP contribution is 2.37. The predicted octanol–water partition coefficient (Wildman–Crippen LogP) is 4.28. The van der Waals surface area contributed by atoms with E-state index in [1.165, 1.54) is 5.57 Å². The smallest absolute Gasteiger partial charge is 0.168 e. The number of nitrogens with zero attached hydrogens (tertiary/aromatic N) is 1. The fourth-order valence-electron chi connectivity index (χ4n) is 2.72. The largest absolute Gasteiger partial charge is 0.504 e. The minimum Gasteiger partial charge on any atom is -0.504 e. The normalized spacial score (nSPS) is 14.0. The Kier molecular flexibility index (Phi) is 7.71. The molecule has 4 nitrogen and oxygen atoms in total. The molecule has 0 saturated carbocycles. The first-order valence-corrected chi connectivity index (χ1v) is 8.66. The van der Waals surface area contributed by atoms with Gasteiger partial charge in [0, 0.05) is 12.1 Å². The lowest BCUT2D eigenvalue weighted by Gasteiger charge is -2.21.